The van der Waals surface area contributed by atoms with Crippen molar-refractivity contribution in [1.82, 2.24) is 5.32 Å². The number of esters is 1. The Balaban J connectivity index is 1.79. The Morgan fingerprint density at radius 2 is 2.21 bits per heavy atom. The number of aliphatic hydroxyl groups is 2. The molecule has 1 unspecified atom stereocenters. The van der Waals surface area contributed by atoms with Crippen LogP contribution in [0.1, 0.15) is 38.3 Å². The Morgan fingerprint density at radius 1 is 1.38 bits per heavy atom. The number of nitrogens with one attached hydrogen (secondary N) is 2. The van der Waals surface area contributed by atoms with E-state index in [1.54, 1.807) is 32.9 Å². The van der Waals surface area contributed by atoms with E-state index in [0.29, 0.717) is 43.2 Å². The monoisotopic (exact) mass is 473 g/mol. The van der Waals surface area contributed by atoms with Crippen LogP contribution in [0, 0.1) is 0 Å². The zero-order chi connectivity index (χ0) is 24.3. The number of allylic oxidation sites excluding steroid dienone is 2. The lowest BCUT2D eigenvalue weighted by atomic mass is 9.92. The van der Waals surface area contributed by atoms with Crippen molar-refractivity contribution in [3.63, 3.8) is 0 Å². The van der Waals surface area contributed by atoms with Gasteiger partial charge in [0.15, 0.2) is 6.67 Å². The van der Waals surface area contributed by atoms with Gasteiger partial charge in [-0.25, -0.2) is 4.79 Å². The van der Waals surface area contributed by atoms with Gasteiger partial charge in [-0.1, -0.05) is 0 Å². The number of aliphatic hydroxyl groups excluding tert-OH is 1. The van der Waals surface area contributed by atoms with Crippen LogP contribution in [-0.4, -0.2) is 60.9 Å². The zero-order valence-corrected chi connectivity index (χ0v) is 19.8. The quantitative estimate of drug-likeness (QED) is 0.306. The smallest absolute Gasteiger partial charge is 0.374 e. The van der Waals surface area contributed by atoms with E-state index in [9.17, 15) is 15.0 Å². The minimum Gasteiger partial charge on any atom is -0.492 e. The highest BCUT2D eigenvalue weighted by atomic mass is 16.6. The van der Waals surface area contributed by atoms with Crippen LogP contribution in [0.3, 0.4) is 0 Å². The summed E-state index contributed by atoms with van der Waals surface area (Å²) in [6, 6.07) is 1.75. The third-order valence-electron chi connectivity index (χ3n) is 5.92. The van der Waals surface area contributed by atoms with Gasteiger partial charge in [-0.2, -0.15) is 0 Å². The van der Waals surface area contributed by atoms with Gasteiger partial charge in [-0.05, 0) is 38.5 Å². The molecule has 34 heavy (non-hydrogen) atoms. The van der Waals surface area contributed by atoms with E-state index in [-0.39, 0.29) is 19.0 Å². The number of hydrogen-bond acceptors (Lipinski definition) is 8. The summed E-state index contributed by atoms with van der Waals surface area (Å²) in [4.78, 5) is 13.7. The minimum absolute atomic E-state index is 0.00374. The first-order valence-electron chi connectivity index (χ1n) is 11.7. The molecule has 3 aliphatic heterocycles. The second-order valence-corrected chi connectivity index (χ2v) is 9.01. The van der Waals surface area contributed by atoms with Crippen molar-refractivity contribution < 1.29 is 38.9 Å². The van der Waals surface area contributed by atoms with Crippen LogP contribution < -0.4 is 24.4 Å². The maximum atomic E-state index is 12.5. The van der Waals surface area contributed by atoms with Crippen molar-refractivity contribution in [2.75, 3.05) is 33.0 Å². The fraction of sp³-hybridized carbons (Fsp3) is 0.480. The van der Waals surface area contributed by atoms with Gasteiger partial charge in [0.05, 0.1) is 30.6 Å². The lowest BCUT2D eigenvalue weighted by molar-refractivity contribution is -0.836. The highest BCUT2D eigenvalue weighted by Gasteiger charge is 2.39. The highest BCUT2D eigenvalue weighted by Crippen LogP contribution is 2.50. The second-order valence-electron chi connectivity index (χ2n) is 9.01. The molecule has 0 amide bonds. The number of carbonyl (C=O) groups excluding carboxylic acids is 1. The zero-order valence-electron chi connectivity index (χ0n) is 19.8. The summed E-state index contributed by atoms with van der Waals surface area (Å²) in [7, 11) is 0. The molecule has 0 bridgehead atoms. The van der Waals surface area contributed by atoms with E-state index >= 15 is 0 Å². The average Bonchev–Trinajstić information content (AvgIpc) is 3.46. The number of fused-ring (bicyclic) bond motifs is 2. The van der Waals surface area contributed by atoms with Crippen molar-refractivity contribution >= 4 is 11.5 Å². The standard InChI is InChI=1S/C25H32N2O7/c1-4-31-24(29)20-12-16(6-8-27-9-7-26-15-27)22-19(33-20)14-18-17(23(22)32-11-5-10-28)13-21(34-18)25(2,3)30/h6-7,9,12,14,21,26,28,30H,4-5,8,10-11,13,15H2,1-3H3/p+1/b16-6+/t21-/m0/s1. The Bertz CT molecular complexity index is 1020. The van der Waals surface area contributed by atoms with E-state index < -0.39 is 17.7 Å². The first kappa shape index (κ1) is 24.1. The van der Waals surface area contributed by atoms with Gasteiger partial charge >= 0.3 is 5.97 Å². The number of rotatable bonds is 9. The van der Waals surface area contributed by atoms with Gasteiger partial charge in [-0.15, -0.1) is 0 Å². The number of carbonyl (C=O) groups is 1. The second kappa shape index (κ2) is 10.1. The van der Waals surface area contributed by atoms with Crippen LogP contribution in [0.15, 0.2) is 36.4 Å². The lowest BCUT2D eigenvalue weighted by Gasteiger charge is -2.24. The van der Waals surface area contributed by atoms with Crippen LogP contribution in [0.25, 0.3) is 5.57 Å². The van der Waals surface area contributed by atoms with E-state index in [2.05, 4.69) is 5.32 Å². The van der Waals surface area contributed by atoms with E-state index in [1.807, 2.05) is 18.5 Å². The van der Waals surface area contributed by atoms with Gasteiger partial charge < -0.3 is 34.5 Å². The molecule has 9 heteroatoms. The van der Waals surface area contributed by atoms with E-state index in [1.165, 1.54) is 4.90 Å². The fourth-order valence-electron chi connectivity index (χ4n) is 4.11. The van der Waals surface area contributed by atoms with Crippen molar-refractivity contribution in [3.8, 4) is 17.2 Å². The number of hydrogen-bond donors (Lipinski definition) is 4. The van der Waals surface area contributed by atoms with Gasteiger partial charge in [0.25, 0.3) is 0 Å². The number of quaternary nitrogens is 1. The van der Waals surface area contributed by atoms with Crippen LogP contribution >= 0.6 is 0 Å². The fourth-order valence-corrected chi connectivity index (χ4v) is 4.11. The maximum Gasteiger partial charge on any atom is 0.374 e. The molecule has 0 aromatic heterocycles. The molecule has 0 saturated heterocycles. The topological polar surface area (TPSA) is 111 Å². The Hall–Kier alpha value is -3.01. The Morgan fingerprint density at radius 3 is 2.88 bits per heavy atom. The molecule has 184 valence electrons. The van der Waals surface area contributed by atoms with Crippen LogP contribution in [0.2, 0.25) is 0 Å². The maximum absolute atomic E-state index is 12.5. The van der Waals surface area contributed by atoms with Crippen LogP contribution in [-0.2, 0) is 16.0 Å². The molecule has 4 rings (SSSR count). The molecule has 0 saturated carbocycles. The SMILES string of the molecule is CCOC(=O)C1=C/C(=C\C[NH+]2C=CNC2)c2c(cc3c(c2OCCCO)C[C@@H](C(C)(C)O)O3)O1. The average molecular weight is 474 g/mol. The molecular weight excluding hydrogens is 440 g/mol. The molecule has 0 aliphatic carbocycles. The summed E-state index contributed by atoms with van der Waals surface area (Å²) in [6.07, 6.45) is 8.15. The molecule has 0 fully saturated rings. The van der Waals surface area contributed by atoms with Crippen LogP contribution in [0.4, 0.5) is 0 Å². The van der Waals surface area contributed by atoms with E-state index in [4.69, 9.17) is 18.9 Å². The predicted molar refractivity (Wildman–Crippen MR) is 124 cm³/mol. The molecule has 0 spiro atoms. The summed E-state index contributed by atoms with van der Waals surface area (Å²) in [5, 5.41) is 23.0. The molecule has 4 N–H and O–H groups in total. The molecule has 3 heterocycles. The summed E-state index contributed by atoms with van der Waals surface area (Å²) >= 11 is 0. The minimum atomic E-state index is -1.06. The third kappa shape index (κ3) is 5.06. The largest absolute Gasteiger partial charge is 0.492 e. The summed E-state index contributed by atoms with van der Waals surface area (Å²) < 4.78 is 23.4. The number of ether oxygens (including phenoxy) is 4. The first-order valence-corrected chi connectivity index (χ1v) is 11.7. The molecule has 9 nitrogen and oxygen atoms in total. The van der Waals surface area contributed by atoms with Crippen molar-refractivity contribution in [3.05, 3.63) is 47.5 Å². The summed E-state index contributed by atoms with van der Waals surface area (Å²) in [5.41, 5.74) is 1.28. The van der Waals surface area contributed by atoms with Crippen molar-refractivity contribution in [2.45, 2.75) is 45.3 Å². The van der Waals surface area contributed by atoms with Gasteiger partial charge in [0, 0.05) is 31.1 Å². The van der Waals surface area contributed by atoms with Gasteiger partial charge in [0.1, 0.15) is 36.1 Å². The van der Waals surface area contributed by atoms with Crippen LogP contribution in [0.5, 0.6) is 17.2 Å². The molecular formula is C25H33N2O7+. The third-order valence-corrected chi connectivity index (χ3v) is 5.92. The van der Waals surface area contributed by atoms with Crippen molar-refractivity contribution in [1.29, 1.82) is 0 Å². The summed E-state index contributed by atoms with van der Waals surface area (Å²) in [5.74, 6) is 1.10. The van der Waals surface area contributed by atoms with Gasteiger partial charge in [-0.3, -0.25) is 4.90 Å². The lowest BCUT2D eigenvalue weighted by Crippen LogP contribution is -3.07. The Kier molecular flexibility index (Phi) is 7.16. The molecule has 0 radical (unpaired) electrons. The van der Waals surface area contributed by atoms with E-state index in [0.717, 1.165) is 23.4 Å². The Labute approximate surface area is 199 Å². The highest BCUT2D eigenvalue weighted by molar-refractivity contribution is 5.95. The molecule has 1 aromatic carbocycles. The molecule has 1 aromatic rings. The normalized spacial score (nSPS) is 21.8. The summed E-state index contributed by atoms with van der Waals surface area (Å²) in [6.45, 7) is 7.15. The number of benzene rings is 1. The van der Waals surface area contributed by atoms with Gasteiger partial charge in [0.2, 0.25) is 5.76 Å². The first-order chi connectivity index (χ1) is 16.3. The predicted octanol–water partition coefficient (Wildman–Crippen LogP) is 0.662. The van der Waals surface area contributed by atoms with Crippen molar-refractivity contribution in [2.24, 2.45) is 0 Å². The molecule has 3 aliphatic rings. The molecule has 2 atom stereocenters.